The number of carbonyl (C=O) groups is 2. The summed E-state index contributed by atoms with van der Waals surface area (Å²) in [7, 11) is 3.02. The quantitative estimate of drug-likeness (QED) is 0.650. The molecule has 0 spiro atoms. The zero-order valence-corrected chi connectivity index (χ0v) is 12.3. The average Bonchev–Trinajstić information content (AvgIpc) is 2.52. The van der Waals surface area contributed by atoms with E-state index in [0.717, 1.165) is 0 Å². The maximum atomic E-state index is 12.4. The standard InChI is InChI=1S/C16H19NO4/c1-17(11-5-10-15(19)21-2)16(20)14-9-4-3-7-13(14)8-6-12-18/h3-4,7,9,18H,5,10-12H2,1-2H3. The van der Waals surface area contributed by atoms with E-state index in [2.05, 4.69) is 16.6 Å². The molecule has 0 unspecified atom stereocenters. The third-order valence-corrected chi connectivity index (χ3v) is 2.91. The number of hydrogen-bond donors (Lipinski definition) is 1. The summed E-state index contributed by atoms with van der Waals surface area (Å²) in [5, 5.41) is 8.75. The molecule has 21 heavy (non-hydrogen) atoms. The van der Waals surface area contributed by atoms with E-state index in [1.165, 1.54) is 7.11 Å². The minimum absolute atomic E-state index is 0.164. The topological polar surface area (TPSA) is 66.8 Å². The van der Waals surface area contributed by atoms with E-state index < -0.39 is 0 Å². The summed E-state index contributed by atoms with van der Waals surface area (Å²) in [5.41, 5.74) is 1.07. The molecule has 1 amide bonds. The van der Waals surface area contributed by atoms with Gasteiger partial charge in [-0.25, -0.2) is 0 Å². The highest BCUT2D eigenvalue weighted by molar-refractivity contribution is 5.96. The van der Waals surface area contributed by atoms with Gasteiger partial charge in [-0.05, 0) is 18.6 Å². The third kappa shape index (κ3) is 5.28. The van der Waals surface area contributed by atoms with Gasteiger partial charge in [0.25, 0.3) is 5.91 Å². The highest BCUT2D eigenvalue weighted by Gasteiger charge is 2.14. The molecule has 0 saturated heterocycles. The first-order chi connectivity index (χ1) is 10.1. The van der Waals surface area contributed by atoms with Gasteiger partial charge in [-0.3, -0.25) is 9.59 Å². The van der Waals surface area contributed by atoms with Crippen LogP contribution in [0.2, 0.25) is 0 Å². The van der Waals surface area contributed by atoms with Gasteiger partial charge in [0.1, 0.15) is 6.61 Å². The number of benzene rings is 1. The number of rotatable bonds is 5. The molecule has 1 aromatic carbocycles. The molecule has 0 atom stereocenters. The van der Waals surface area contributed by atoms with Crippen LogP contribution in [0, 0.1) is 11.8 Å². The van der Waals surface area contributed by atoms with Crippen molar-refractivity contribution in [3.8, 4) is 11.8 Å². The summed E-state index contributed by atoms with van der Waals surface area (Å²) in [4.78, 5) is 24.9. The summed E-state index contributed by atoms with van der Waals surface area (Å²) in [6.45, 7) is 0.202. The molecule has 5 nitrogen and oxygen atoms in total. The maximum absolute atomic E-state index is 12.4. The lowest BCUT2D eigenvalue weighted by Crippen LogP contribution is -2.28. The molecule has 1 N–H and O–H groups in total. The van der Waals surface area contributed by atoms with Crippen LogP contribution in [0.3, 0.4) is 0 Å². The fourth-order valence-electron chi connectivity index (χ4n) is 1.78. The molecule has 0 heterocycles. The smallest absolute Gasteiger partial charge is 0.305 e. The molecule has 1 aromatic rings. The second-order valence-corrected chi connectivity index (χ2v) is 4.41. The van der Waals surface area contributed by atoms with E-state index in [1.54, 1.807) is 36.2 Å². The first-order valence-corrected chi connectivity index (χ1v) is 6.61. The van der Waals surface area contributed by atoms with Gasteiger partial charge < -0.3 is 14.7 Å². The van der Waals surface area contributed by atoms with Crippen LogP contribution in [-0.2, 0) is 9.53 Å². The Labute approximate surface area is 124 Å². The minimum atomic E-state index is -0.287. The van der Waals surface area contributed by atoms with Gasteiger partial charge in [-0.15, -0.1) is 0 Å². The molecule has 5 heteroatoms. The van der Waals surface area contributed by atoms with E-state index in [1.807, 2.05) is 0 Å². The van der Waals surface area contributed by atoms with Crippen LogP contribution < -0.4 is 0 Å². The van der Waals surface area contributed by atoms with Crippen LogP contribution in [0.5, 0.6) is 0 Å². The summed E-state index contributed by atoms with van der Waals surface area (Å²) in [6.07, 6.45) is 0.819. The molecule has 0 aliphatic heterocycles. The summed E-state index contributed by atoms with van der Waals surface area (Å²) >= 11 is 0. The Morgan fingerprint density at radius 2 is 2.05 bits per heavy atom. The van der Waals surface area contributed by atoms with Crippen LogP contribution in [0.4, 0.5) is 0 Å². The normalized spacial score (nSPS) is 9.48. The Balaban J connectivity index is 2.72. The number of ether oxygens (including phenoxy) is 1. The predicted octanol–water partition coefficient (Wildman–Crippen LogP) is 1.06. The molecule has 0 aromatic heterocycles. The minimum Gasteiger partial charge on any atom is -0.469 e. The first-order valence-electron chi connectivity index (χ1n) is 6.61. The average molecular weight is 289 g/mol. The van der Waals surface area contributed by atoms with Crippen molar-refractivity contribution in [2.24, 2.45) is 0 Å². The molecule has 0 saturated carbocycles. The van der Waals surface area contributed by atoms with Crippen LogP contribution in [0.15, 0.2) is 24.3 Å². The lowest BCUT2D eigenvalue weighted by atomic mass is 10.1. The van der Waals surface area contributed by atoms with Crippen molar-refractivity contribution < 1.29 is 19.4 Å². The number of aliphatic hydroxyl groups excluding tert-OH is 1. The Morgan fingerprint density at radius 3 is 2.71 bits per heavy atom. The van der Waals surface area contributed by atoms with Gasteiger partial charge in [-0.1, -0.05) is 24.0 Å². The summed E-state index contributed by atoms with van der Waals surface area (Å²) < 4.78 is 4.56. The molecule has 0 aliphatic rings. The van der Waals surface area contributed by atoms with Crippen LogP contribution in [-0.4, -0.2) is 49.2 Å². The number of hydrogen-bond acceptors (Lipinski definition) is 4. The van der Waals surface area contributed by atoms with Crippen molar-refractivity contribution in [2.45, 2.75) is 12.8 Å². The highest BCUT2D eigenvalue weighted by Crippen LogP contribution is 2.10. The highest BCUT2D eigenvalue weighted by atomic mass is 16.5. The van der Waals surface area contributed by atoms with Crippen molar-refractivity contribution in [2.75, 3.05) is 27.3 Å². The monoisotopic (exact) mass is 289 g/mol. The lowest BCUT2D eigenvalue weighted by molar-refractivity contribution is -0.140. The number of amides is 1. The van der Waals surface area contributed by atoms with Gasteiger partial charge in [0.15, 0.2) is 0 Å². The second kappa shape index (κ2) is 8.77. The predicted molar refractivity (Wildman–Crippen MR) is 78.6 cm³/mol. The molecular formula is C16H19NO4. The summed E-state index contributed by atoms with van der Waals surface area (Å²) in [6, 6.07) is 6.98. The largest absolute Gasteiger partial charge is 0.469 e. The van der Waals surface area contributed by atoms with E-state index in [4.69, 9.17) is 5.11 Å². The number of methoxy groups -OCH3 is 1. The van der Waals surface area contributed by atoms with Crippen molar-refractivity contribution in [3.05, 3.63) is 35.4 Å². The van der Waals surface area contributed by atoms with Crippen molar-refractivity contribution >= 4 is 11.9 Å². The van der Waals surface area contributed by atoms with Gasteiger partial charge in [0, 0.05) is 25.6 Å². The zero-order valence-electron chi connectivity index (χ0n) is 12.3. The fourth-order valence-corrected chi connectivity index (χ4v) is 1.78. The Hall–Kier alpha value is -2.32. The molecule has 0 fully saturated rings. The first kappa shape index (κ1) is 16.7. The number of carbonyl (C=O) groups excluding carboxylic acids is 2. The van der Waals surface area contributed by atoms with Crippen LogP contribution in [0.25, 0.3) is 0 Å². The summed E-state index contributed by atoms with van der Waals surface area (Å²) in [5.74, 6) is 4.85. The van der Waals surface area contributed by atoms with Crippen molar-refractivity contribution in [3.63, 3.8) is 0 Å². The third-order valence-electron chi connectivity index (χ3n) is 2.91. The molecular weight excluding hydrogens is 270 g/mol. The van der Waals surface area contributed by atoms with E-state index in [-0.39, 0.29) is 24.9 Å². The van der Waals surface area contributed by atoms with Gasteiger partial charge in [0.2, 0.25) is 0 Å². The van der Waals surface area contributed by atoms with Gasteiger partial charge >= 0.3 is 5.97 Å². The molecule has 0 bridgehead atoms. The number of nitrogens with zero attached hydrogens (tertiary/aromatic N) is 1. The zero-order chi connectivity index (χ0) is 15.7. The number of esters is 1. The Morgan fingerprint density at radius 1 is 1.33 bits per heavy atom. The SMILES string of the molecule is COC(=O)CCCN(C)C(=O)c1ccccc1C#CCO. The van der Waals surface area contributed by atoms with Crippen molar-refractivity contribution in [1.29, 1.82) is 0 Å². The second-order valence-electron chi connectivity index (χ2n) is 4.41. The van der Waals surface area contributed by atoms with Crippen molar-refractivity contribution in [1.82, 2.24) is 4.90 Å². The fraction of sp³-hybridized carbons (Fsp3) is 0.375. The van der Waals surface area contributed by atoms with E-state index in [0.29, 0.717) is 24.1 Å². The Kier molecular flexibility index (Phi) is 6.99. The molecule has 0 radical (unpaired) electrons. The van der Waals surface area contributed by atoms with E-state index in [9.17, 15) is 9.59 Å². The maximum Gasteiger partial charge on any atom is 0.305 e. The van der Waals surface area contributed by atoms with Crippen LogP contribution >= 0.6 is 0 Å². The van der Waals surface area contributed by atoms with Crippen LogP contribution in [0.1, 0.15) is 28.8 Å². The number of aliphatic hydroxyl groups is 1. The van der Waals surface area contributed by atoms with E-state index >= 15 is 0 Å². The van der Waals surface area contributed by atoms with Gasteiger partial charge in [0.05, 0.1) is 12.7 Å². The Bertz CT molecular complexity index is 557. The molecule has 0 aliphatic carbocycles. The lowest BCUT2D eigenvalue weighted by Gasteiger charge is -2.17. The van der Waals surface area contributed by atoms with Gasteiger partial charge in [-0.2, -0.15) is 0 Å². The molecule has 112 valence electrons. The molecule has 1 rings (SSSR count).